The molecule has 2 aromatic rings. The van der Waals surface area contributed by atoms with E-state index >= 15 is 0 Å². The average Bonchev–Trinajstić information content (AvgIpc) is 2.71. The van der Waals surface area contributed by atoms with Crippen LogP contribution in [0.15, 0.2) is 48.5 Å². The Balaban J connectivity index is 1.76. The zero-order valence-corrected chi connectivity index (χ0v) is 16.7. The third kappa shape index (κ3) is 7.33. The number of hydrogen-bond donors (Lipinski definition) is 1. The number of aryl methyl sites for hydroxylation is 1. The molecule has 0 saturated carbocycles. The highest BCUT2D eigenvalue weighted by atomic mass is 16.5. The lowest BCUT2D eigenvalue weighted by Crippen LogP contribution is -2.15. The number of anilines is 1. The number of Topliss-reactive ketones (excluding diaryl/α,β-unsaturated/α-hetero) is 2. The van der Waals surface area contributed by atoms with Crippen molar-refractivity contribution in [3.8, 4) is 0 Å². The number of rotatable bonds is 10. The van der Waals surface area contributed by atoms with Crippen molar-refractivity contribution < 1.29 is 23.9 Å². The van der Waals surface area contributed by atoms with Crippen molar-refractivity contribution in [3.05, 3.63) is 65.2 Å². The number of carbonyl (C=O) groups is 4. The van der Waals surface area contributed by atoms with Crippen molar-refractivity contribution in [2.45, 2.75) is 39.5 Å². The zero-order valence-electron chi connectivity index (χ0n) is 16.7. The summed E-state index contributed by atoms with van der Waals surface area (Å²) in [6.07, 6.45) is 1.14. The number of hydrogen-bond acceptors (Lipinski definition) is 5. The maximum atomic E-state index is 12.1. The van der Waals surface area contributed by atoms with Gasteiger partial charge in [0.05, 0.1) is 6.42 Å². The summed E-state index contributed by atoms with van der Waals surface area (Å²) in [5.41, 5.74) is 2.58. The fourth-order valence-electron chi connectivity index (χ4n) is 2.59. The van der Waals surface area contributed by atoms with Crippen LogP contribution in [0.3, 0.4) is 0 Å². The molecule has 0 radical (unpaired) electrons. The van der Waals surface area contributed by atoms with Gasteiger partial charge in [-0.1, -0.05) is 36.8 Å². The van der Waals surface area contributed by atoms with Crippen LogP contribution in [0.2, 0.25) is 0 Å². The normalized spacial score (nSPS) is 10.3. The van der Waals surface area contributed by atoms with E-state index in [0.29, 0.717) is 23.2 Å². The lowest BCUT2D eigenvalue weighted by atomic mass is 10.1. The number of nitrogens with one attached hydrogen (secondary N) is 1. The molecule has 0 saturated heterocycles. The van der Waals surface area contributed by atoms with Crippen LogP contribution >= 0.6 is 0 Å². The molecule has 0 atom stereocenters. The second kappa shape index (κ2) is 10.9. The number of ketones is 2. The Hall–Kier alpha value is -3.28. The van der Waals surface area contributed by atoms with Crippen molar-refractivity contribution >= 4 is 29.1 Å². The summed E-state index contributed by atoms with van der Waals surface area (Å²) < 4.78 is 4.98. The molecule has 2 aromatic carbocycles. The summed E-state index contributed by atoms with van der Waals surface area (Å²) in [4.78, 5) is 47.6. The topological polar surface area (TPSA) is 89.5 Å². The smallest absolute Gasteiger partial charge is 0.306 e. The molecule has 6 nitrogen and oxygen atoms in total. The second-order valence-corrected chi connectivity index (χ2v) is 6.75. The van der Waals surface area contributed by atoms with Gasteiger partial charge >= 0.3 is 5.97 Å². The Bertz CT molecular complexity index is 869. The molecule has 1 N–H and O–H groups in total. The third-order valence-corrected chi connectivity index (χ3v) is 4.26. The van der Waals surface area contributed by atoms with Crippen LogP contribution < -0.4 is 5.32 Å². The van der Waals surface area contributed by atoms with E-state index in [1.54, 1.807) is 36.4 Å². The molecule has 0 aliphatic heterocycles. The van der Waals surface area contributed by atoms with E-state index in [2.05, 4.69) is 5.32 Å². The molecule has 0 aliphatic carbocycles. The quantitative estimate of drug-likeness (QED) is 0.483. The molecule has 0 unspecified atom stereocenters. The molecule has 0 aliphatic rings. The zero-order chi connectivity index (χ0) is 21.2. The van der Waals surface area contributed by atoms with Crippen LogP contribution in [-0.2, 0) is 14.3 Å². The molecular weight excluding hydrogens is 370 g/mol. The van der Waals surface area contributed by atoms with Gasteiger partial charge in [0, 0.05) is 29.7 Å². The Morgan fingerprint density at radius 2 is 1.38 bits per heavy atom. The van der Waals surface area contributed by atoms with Crippen molar-refractivity contribution in [2.24, 2.45) is 0 Å². The van der Waals surface area contributed by atoms with E-state index in [1.165, 1.54) is 0 Å². The summed E-state index contributed by atoms with van der Waals surface area (Å²) in [5.74, 6) is -1.17. The SMILES string of the molecule is CCCC(=O)Nc1ccc(C(=O)COC(=O)CCC(=O)c2ccc(C)cc2)cc1. The predicted octanol–water partition coefficient (Wildman–Crippen LogP) is 4.12. The molecule has 0 aromatic heterocycles. The van der Waals surface area contributed by atoms with Crippen LogP contribution in [0.5, 0.6) is 0 Å². The minimum Gasteiger partial charge on any atom is -0.457 e. The molecule has 152 valence electrons. The van der Waals surface area contributed by atoms with Crippen LogP contribution in [-0.4, -0.2) is 30.0 Å². The lowest BCUT2D eigenvalue weighted by molar-refractivity contribution is -0.142. The van der Waals surface area contributed by atoms with Gasteiger partial charge in [-0.25, -0.2) is 0 Å². The van der Waals surface area contributed by atoms with Gasteiger partial charge in [-0.05, 0) is 37.6 Å². The highest BCUT2D eigenvalue weighted by Crippen LogP contribution is 2.12. The van der Waals surface area contributed by atoms with Crippen LogP contribution in [0, 0.1) is 6.92 Å². The Morgan fingerprint density at radius 1 is 0.793 bits per heavy atom. The van der Waals surface area contributed by atoms with Gasteiger partial charge < -0.3 is 10.1 Å². The largest absolute Gasteiger partial charge is 0.457 e. The molecule has 6 heteroatoms. The predicted molar refractivity (Wildman–Crippen MR) is 110 cm³/mol. The van der Waals surface area contributed by atoms with E-state index in [4.69, 9.17) is 4.74 Å². The van der Waals surface area contributed by atoms with E-state index in [1.807, 2.05) is 26.0 Å². The molecule has 1 amide bonds. The van der Waals surface area contributed by atoms with Crippen LogP contribution in [0.1, 0.15) is 58.9 Å². The minimum absolute atomic E-state index is 0.0300. The third-order valence-electron chi connectivity index (χ3n) is 4.26. The van der Waals surface area contributed by atoms with Crippen molar-refractivity contribution in [2.75, 3.05) is 11.9 Å². The van der Waals surface area contributed by atoms with Gasteiger partial charge in [0.1, 0.15) is 0 Å². The molecular formula is C23H25NO5. The summed E-state index contributed by atoms with van der Waals surface area (Å²) >= 11 is 0. The maximum absolute atomic E-state index is 12.1. The Morgan fingerprint density at radius 3 is 2.00 bits per heavy atom. The van der Waals surface area contributed by atoms with E-state index in [0.717, 1.165) is 12.0 Å². The van der Waals surface area contributed by atoms with Gasteiger partial charge in [0.25, 0.3) is 0 Å². The van der Waals surface area contributed by atoms with Crippen molar-refractivity contribution in [1.29, 1.82) is 0 Å². The number of benzene rings is 2. The first kappa shape index (κ1) is 22.0. The Labute approximate surface area is 170 Å². The summed E-state index contributed by atoms with van der Waals surface area (Å²) in [6, 6.07) is 13.5. The highest BCUT2D eigenvalue weighted by Gasteiger charge is 2.13. The number of carbonyl (C=O) groups excluding carboxylic acids is 4. The van der Waals surface area contributed by atoms with Crippen LogP contribution in [0.4, 0.5) is 5.69 Å². The van der Waals surface area contributed by atoms with Crippen LogP contribution in [0.25, 0.3) is 0 Å². The van der Waals surface area contributed by atoms with Gasteiger partial charge in [0.2, 0.25) is 5.91 Å². The monoisotopic (exact) mass is 395 g/mol. The first-order valence-corrected chi connectivity index (χ1v) is 9.57. The van der Waals surface area contributed by atoms with Gasteiger partial charge in [-0.15, -0.1) is 0 Å². The molecule has 29 heavy (non-hydrogen) atoms. The Kier molecular flexibility index (Phi) is 8.27. The minimum atomic E-state index is -0.595. The first-order chi connectivity index (χ1) is 13.9. The fourth-order valence-corrected chi connectivity index (χ4v) is 2.59. The first-order valence-electron chi connectivity index (χ1n) is 9.57. The number of esters is 1. The highest BCUT2D eigenvalue weighted by molar-refractivity contribution is 6.00. The standard InChI is InChI=1S/C23H25NO5/c1-3-4-22(27)24-19-11-9-18(10-12-19)21(26)15-29-23(28)14-13-20(25)17-7-5-16(2)6-8-17/h5-12H,3-4,13-15H2,1-2H3,(H,24,27). The number of amides is 1. The summed E-state index contributed by atoms with van der Waals surface area (Å²) in [7, 11) is 0. The van der Waals surface area contributed by atoms with Crippen molar-refractivity contribution in [3.63, 3.8) is 0 Å². The maximum Gasteiger partial charge on any atom is 0.306 e. The fraction of sp³-hybridized carbons (Fsp3) is 0.304. The lowest BCUT2D eigenvalue weighted by Gasteiger charge is -2.07. The van der Waals surface area contributed by atoms with E-state index in [-0.39, 0.29) is 36.9 Å². The van der Waals surface area contributed by atoms with E-state index in [9.17, 15) is 19.2 Å². The van der Waals surface area contributed by atoms with Gasteiger partial charge in [-0.2, -0.15) is 0 Å². The average molecular weight is 395 g/mol. The molecule has 0 bridgehead atoms. The van der Waals surface area contributed by atoms with E-state index < -0.39 is 5.97 Å². The summed E-state index contributed by atoms with van der Waals surface area (Å²) in [6.45, 7) is 3.46. The second-order valence-electron chi connectivity index (χ2n) is 6.75. The van der Waals surface area contributed by atoms with Gasteiger partial charge in [0.15, 0.2) is 18.2 Å². The van der Waals surface area contributed by atoms with Crippen molar-refractivity contribution in [1.82, 2.24) is 0 Å². The summed E-state index contributed by atoms with van der Waals surface area (Å²) in [5, 5.41) is 2.74. The molecule has 0 heterocycles. The molecule has 0 spiro atoms. The number of ether oxygens (including phenoxy) is 1. The molecule has 2 rings (SSSR count). The van der Waals surface area contributed by atoms with Gasteiger partial charge in [-0.3, -0.25) is 19.2 Å². The molecule has 0 fully saturated rings.